The molecule has 1 aliphatic rings. The summed E-state index contributed by atoms with van der Waals surface area (Å²) >= 11 is 0. The number of hydrogen-bond donors (Lipinski definition) is 2. The van der Waals surface area contributed by atoms with Crippen LogP contribution in [-0.2, 0) is 4.74 Å². The van der Waals surface area contributed by atoms with Gasteiger partial charge in [-0.2, -0.15) is 0 Å². The van der Waals surface area contributed by atoms with E-state index in [0.717, 1.165) is 42.9 Å². The highest BCUT2D eigenvalue weighted by atomic mass is 16.5. The maximum atomic E-state index is 11.9. The predicted octanol–water partition coefficient (Wildman–Crippen LogP) is 3.00. The molecule has 0 saturated carbocycles. The number of carbonyl (C=O) groups is 1. The summed E-state index contributed by atoms with van der Waals surface area (Å²) < 4.78 is 10.8. The van der Waals surface area contributed by atoms with Crippen LogP contribution in [0.15, 0.2) is 4.52 Å². The highest BCUT2D eigenvalue weighted by Gasteiger charge is 2.18. The van der Waals surface area contributed by atoms with Crippen LogP contribution in [0.3, 0.4) is 0 Å². The van der Waals surface area contributed by atoms with Gasteiger partial charge in [-0.25, -0.2) is 4.79 Å². The summed E-state index contributed by atoms with van der Waals surface area (Å²) in [5, 5.41) is 9.73. The number of nitrogens with one attached hydrogen (secondary N) is 2. The van der Waals surface area contributed by atoms with Crippen molar-refractivity contribution in [1.82, 2.24) is 15.8 Å². The van der Waals surface area contributed by atoms with Crippen molar-refractivity contribution in [2.75, 3.05) is 13.2 Å². The van der Waals surface area contributed by atoms with Crippen molar-refractivity contribution >= 4 is 6.03 Å². The molecule has 6 nitrogen and oxygen atoms in total. The standard InChI is InChI=1S/C16H27N3O3/c1-11(15-12(2)19-22-13(15)3)18-16(20)17-9-6-8-14-7-4-5-10-21-14/h11,14H,4-10H2,1-3H3,(H2,17,18,20). The maximum Gasteiger partial charge on any atom is 0.315 e. The Kier molecular flexibility index (Phi) is 6.24. The fraction of sp³-hybridized carbons (Fsp3) is 0.750. The molecule has 2 unspecified atom stereocenters. The Morgan fingerprint density at radius 2 is 2.23 bits per heavy atom. The molecule has 124 valence electrons. The van der Waals surface area contributed by atoms with Crippen LogP contribution in [-0.4, -0.2) is 30.4 Å². The highest BCUT2D eigenvalue weighted by Crippen LogP contribution is 2.20. The van der Waals surface area contributed by atoms with E-state index in [4.69, 9.17) is 9.26 Å². The van der Waals surface area contributed by atoms with E-state index in [0.29, 0.717) is 12.6 Å². The smallest absolute Gasteiger partial charge is 0.315 e. The number of aryl methyl sites for hydroxylation is 2. The molecule has 0 bridgehead atoms. The molecule has 0 spiro atoms. The van der Waals surface area contributed by atoms with Gasteiger partial charge in [-0.1, -0.05) is 5.16 Å². The zero-order valence-electron chi connectivity index (χ0n) is 13.8. The van der Waals surface area contributed by atoms with E-state index in [1.807, 2.05) is 20.8 Å². The van der Waals surface area contributed by atoms with Gasteiger partial charge < -0.3 is 19.9 Å². The highest BCUT2D eigenvalue weighted by molar-refractivity contribution is 5.74. The van der Waals surface area contributed by atoms with Crippen LogP contribution in [0.1, 0.15) is 62.1 Å². The van der Waals surface area contributed by atoms with E-state index in [2.05, 4.69) is 15.8 Å². The molecular formula is C16H27N3O3. The monoisotopic (exact) mass is 309 g/mol. The van der Waals surface area contributed by atoms with Crippen molar-refractivity contribution in [2.45, 2.75) is 65.0 Å². The van der Waals surface area contributed by atoms with Crippen molar-refractivity contribution in [3.63, 3.8) is 0 Å². The lowest BCUT2D eigenvalue weighted by Crippen LogP contribution is -2.38. The van der Waals surface area contributed by atoms with Crippen molar-refractivity contribution in [3.8, 4) is 0 Å². The van der Waals surface area contributed by atoms with Crippen molar-refractivity contribution < 1.29 is 14.1 Å². The summed E-state index contributed by atoms with van der Waals surface area (Å²) in [7, 11) is 0. The Morgan fingerprint density at radius 1 is 1.41 bits per heavy atom. The SMILES string of the molecule is Cc1noc(C)c1C(C)NC(=O)NCCCC1CCCCO1. The van der Waals surface area contributed by atoms with Crippen LogP contribution in [0.25, 0.3) is 0 Å². The van der Waals surface area contributed by atoms with Crippen molar-refractivity contribution in [1.29, 1.82) is 0 Å². The van der Waals surface area contributed by atoms with Gasteiger partial charge in [0.25, 0.3) is 0 Å². The zero-order chi connectivity index (χ0) is 15.9. The number of hydrogen-bond acceptors (Lipinski definition) is 4. The second-order valence-electron chi connectivity index (χ2n) is 5.99. The second kappa shape index (κ2) is 8.17. The molecule has 0 aromatic carbocycles. The largest absolute Gasteiger partial charge is 0.378 e. The number of carbonyl (C=O) groups excluding carboxylic acids is 1. The molecule has 1 fully saturated rings. The summed E-state index contributed by atoms with van der Waals surface area (Å²) in [6, 6.07) is -0.273. The van der Waals surface area contributed by atoms with Gasteiger partial charge in [0.1, 0.15) is 5.76 Å². The Labute approximate surface area is 132 Å². The molecule has 1 aliphatic heterocycles. The molecule has 2 heterocycles. The molecule has 2 N–H and O–H groups in total. The quantitative estimate of drug-likeness (QED) is 0.792. The summed E-state index contributed by atoms with van der Waals surface area (Å²) in [4.78, 5) is 11.9. The molecule has 2 amide bonds. The minimum absolute atomic E-state index is 0.118. The molecule has 6 heteroatoms. The topological polar surface area (TPSA) is 76.4 Å². The summed E-state index contributed by atoms with van der Waals surface area (Å²) in [5.41, 5.74) is 1.77. The predicted molar refractivity (Wildman–Crippen MR) is 83.8 cm³/mol. The van der Waals surface area contributed by atoms with Crippen LogP contribution in [0.2, 0.25) is 0 Å². The van der Waals surface area contributed by atoms with Gasteiger partial charge in [-0.3, -0.25) is 0 Å². The Hall–Kier alpha value is -1.56. The van der Waals surface area contributed by atoms with E-state index in [1.54, 1.807) is 0 Å². The average Bonchev–Trinajstić information content (AvgIpc) is 2.84. The van der Waals surface area contributed by atoms with E-state index in [-0.39, 0.29) is 12.1 Å². The van der Waals surface area contributed by atoms with Crippen molar-refractivity contribution in [2.24, 2.45) is 0 Å². The fourth-order valence-electron chi connectivity index (χ4n) is 2.99. The first kappa shape index (κ1) is 16.8. The Balaban J connectivity index is 1.65. The fourth-order valence-corrected chi connectivity index (χ4v) is 2.99. The molecule has 1 aromatic rings. The number of nitrogens with zero attached hydrogens (tertiary/aromatic N) is 1. The minimum atomic E-state index is -0.155. The van der Waals surface area contributed by atoms with Crippen LogP contribution in [0, 0.1) is 13.8 Å². The summed E-state index contributed by atoms with van der Waals surface area (Å²) in [5.74, 6) is 0.750. The molecule has 2 rings (SSSR count). The molecule has 2 atom stereocenters. The Bertz CT molecular complexity index is 461. The van der Waals surface area contributed by atoms with Crippen LogP contribution >= 0.6 is 0 Å². The van der Waals surface area contributed by atoms with E-state index in [9.17, 15) is 4.79 Å². The first-order chi connectivity index (χ1) is 10.6. The molecule has 1 aromatic heterocycles. The van der Waals surface area contributed by atoms with Crippen LogP contribution < -0.4 is 10.6 Å². The second-order valence-corrected chi connectivity index (χ2v) is 5.99. The number of amides is 2. The molecule has 22 heavy (non-hydrogen) atoms. The normalized spacial score (nSPS) is 19.7. The lowest BCUT2D eigenvalue weighted by molar-refractivity contribution is 0.0103. The molecule has 0 aliphatic carbocycles. The van der Waals surface area contributed by atoms with Gasteiger partial charge in [0, 0.05) is 18.7 Å². The van der Waals surface area contributed by atoms with Gasteiger partial charge in [0.2, 0.25) is 0 Å². The number of aromatic nitrogens is 1. The molecular weight excluding hydrogens is 282 g/mol. The van der Waals surface area contributed by atoms with Gasteiger partial charge in [0.05, 0.1) is 17.8 Å². The van der Waals surface area contributed by atoms with Crippen LogP contribution in [0.4, 0.5) is 4.79 Å². The third-order valence-electron chi connectivity index (χ3n) is 4.13. The molecule has 0 radical (unpaired) electrons. The van der Waals surface area contributed by atoms with Crippen molar-refractivity contribution in [3.05, 3.63) is 17.0 Å². The first-order valence-electron chi connectivity index (χ1n) is 8.16. The van der Waals surface area contributed by atoms with Gasteiger partial charge in [0.15, 0.2) is 0 Å². The van der Waals surface area contributed by atoms with Crippen LogP contribution in [0.5, 0.6) is 0 Å². The average molecular weight is 309 g/mol. The third-order valence-corrected chi connectivity index (χ3v) is 4.13. The van der Waals surface area contributed by atoms with Gasteiger partial charge >= 0.3 is 6.03 Å². The number of ether oxygens (including phenoxy) is 1. The number of urea groups is 1. The van der Waals surface area contributed by atoms with E-state index < -0.39 is 0 Å². The molecule has 1 saturated heterocycles. The zero-order valence-corrected chi connectivity index (χ0v) is 13.8. The summed E-state index contributed by atoms with van der Waals surface area (Å²) in [6.07, 6.45) is 5.91. The van der Waals surface area contributed by atoms with E-state index >= 15 is 0 Å². The third kappa shape index (κ3) is 4.73. The first-order valence-corrected chi connectivity index (χ1v) is 8.16. The Morgan fingerprint density at radius 3 is 2.86 bits per heavy atom. The minimum Gasteiger partial charge on any atom is -0.378 e. The summed E-state index contributed by atoms with van der Waals surface area (Å²) in [6.45, 7) is 7.22. The van der Waals surface area contributed by atoms with E-state index in [1.165, 1.54) is 12.8 Å². The van der Waals surface area contributed by atoms with Gasteiger partial charge in [-0.05, 0) is 52.9 Å². The maximum absolute atomic E-state index is 11.9. The van der Waals surface area contributed by atoms with Gasteiger partial charge in [-0.15, -0.1) is 0 Å². The lowest BCUT2D eigenvalue weighted by atomic mass is 10.0. The number of rotatable bonds is 6. The lowest BCUT2D eigenvalue weighted by Gasteiger charge is -2.22.